The molecule has 0 bridgehead atoms. The molecular weight excluding hydrogens is 200 g/mol. The van der Waals surface area contributed by atoms with E-state index in [1.807, 2.05) is 5.43 Å². The summed E-state index contributed by atoms with van der Waals surface area (Å²) in [5, 5.41) is 13.2. The second-order valence-electron chi connectivity index (χ2n) is 2.71. The normalized spacial score (nSPS) is 9.47. The number of hydrazine groups is 1. The SMILES string of the molecule is CNc1ccc([N+](=O)[O-])cc1C(=O)NN. The Morgan fingerprint density at radius 3 is 2.67 bits per heavy atom. The topological polar surface area (TPSA) is 110 Å². The first-order valence-corrected chi connectivity index (χ1v) is 4.07. The lowest BCUT2D eigenvalue weighted by molar-refractivity contribution is -0.384. The third-order valence-electron chi connectivity index (χ3n) is 1.86. The summed E-state index contributed by atoms with van der Waals surface area (Å²) in [4.78, 5) is 21.2. The predicted molar refractivity (Wildman–Crippen MR) is 54.3 cm³/mol. The molecule has 1 aromatic rings. The number of nitro groups is 1. The second-order valence-corrected chi connectivity index (χ2v) is 2.71. The van der Waals surface area contributed by atoms with Gasteiger partial charge in [0, 0.05) is 24.9 Å². The fourth-order valence-electron chi connectivity index (χ4n) is 1.13. The Bertz CT molecular complexity index is 405. The van der Waals surface area contributed by atoms with E-state index in [1.165, 1.54) is 12.1 Å². The Kier molecular flexibility index (Phi) is 3.19. The lowest BCUT2D eigenvalue weighted by atomic mass is 10.1. The van der Waals surface area contributed by atoms with Crippen molar-refractivity contribution in [2.24, 2.45) is 5.84 Å². The summed E-state index contributed by atoms with van der Waals surface area (Å²) in [5.74, 6) is 4.38. The van der Waals surface area contributed by atoms with Crippen molar-refractivity contribution in [2.75, 3.05) is 12.4 Å². The summed E-state index contributed by atoms with van der Waals surface area (Å²) in [5.41, 5.74) is 2.37. The molecule has 1 aromatic carbocycles. The van der Waals surface area contributed by atoms with Gasteiger partial charge in [-0.15, -0.1) is 0 Å². The molecule has 0 aliphatic rings. The van der Waals surface area contributed by atoms with Gasteiger partial charge in [0.15, 0.2) is 0 Å². The third-order valence-corrected chi connectivity index (χ3v) is 1.86. The molecule has 4 N–H and O–H groups in total. The zero-order chi connectivity index (χ0) is 11.4. The molecule has 0 unspecified atom stereocenters. The minimum atomic E-state index is -0.581. The summed E-state index contributed by atoms with van der Waals surface area (Å²) in [6, 6.07) is 3.91. The van der Waals surface area contributed by atoms with Gasteiger partial charge in [-0.25, -0.2) is 5.84 Å². The highest BCUT2D eigenvalue weighted by atomic mass is 16.6. The third kappa shape index (κ3) is 2.20. The smallest absolute Gasteiger partial charge is 0.270 e. The average molecular weight is 210 g/mol. The first kappa shape index (κ1) is 10.9. The number of benzene rings is 1. The van der Waals surface area contributed by atoms with Crippen LogP contribution in [0.25, 0.3) is 0 Å². The Morgan fingerprint density at radius 1 is 1.53 bits per heavy atom. The Balaban J connectivity index is 3.25. The molecule has 0 aliphatic heterocycles. The molecule has 0 aromatic heterocycles. The number of nitrogens with two attached hydrogens (primary N) is 1. The van der Waals surface area contributed by atoms with Gasteiger partial charge in [-0.2, -0.15) is 0 Å². The number of hydrogen-bond acceptors (Lipinski definition) is 5. The maximum absolute atomic E-state index is 11.3. The van der Waals surface area contributed by atoms with E-state index in [4.69, 9.17) is 5.84 Å². The average Bonchev–Trinajstić information content (AvgIpc) is 2.27. The quantitative estimate of drug-likeness (QED) is 0.286. The molecule has 0 aliphatic carbocycles. The van der Waals surface area contributed by atoms with Crippen LogP contribution in [0.1, 0.15) is 10.4 Å². The van der Waals surface area contributed by atoms with E-state index in [0.717, 1.165) is 6.07 Å². The van der Waals surface area contributed by atoms with Gasteiger partial charge in [0.25, 0.3) is 11.6 Å². The van der Waals surface area contributed by atoms with Crippen LogP contribution in [0.5, 0.6) is 0 Å². The lowest BCUT2D eigenvalue weighted by Crippen LogP contribution is -2.30. The molecule has 7 nitrogen and oxygen atoms in total. The Morgan fingerprint density at radius 2 is 2.20 bits per heavy atom. The van der Waals surface area contributed by atoms with Crippen LogP contribution in [0.3, 0.4) is 0 Å². The largest absolute Gasteiger partial charge is 0.387 e. The number of non-ortho nitro benzene ring substituents is 1. The van der Waals surface area contributed by atoms with Crippen molar-refractivity contribution in [1.29, 1.82) is 0 Å². The minimum absolute atomic E-state index is 0.134. The van der Waals surface area contributed by atoms with Crippen LogP contribution in [0.2, 0.25) is 0 Å². The molecule has 0 saturated carbocycles. The van der Waals surface area contributed by atoms with Crippen molar-refractivity contribution in [3.8, 4) is 0 Å². The van der Waals surface area contributed by atoms with Gasteiger partial charge in [0.2, 0.25) is 0 Å². The lowest BCUT2D eigenvalue weighted by Gasteiger charge is -2.06. The van der Waals surface area contributed by atoms with Crippen molar-refractivity contribution in [3.63, 3.8) is 0 Å². The minimum Gasteiger partial charge on any atom is -0.387 e. The number of nitrogens with zero attached hydrogens (tertiary/aromatic N) is 1. The van der Waals surface area contributed by atoms with Crippen LogP contribution in [0.15, 0.2) is 18.2 Å². The van der Waals surface area contributed by atoms with Gasteiger partial charge in [-0.3, -0.25) is 20.3 Å². The van der Waals surface area contributed by atoms with Crippen LogP contribution in [0.4, 0.5) is 11.4 Å². The summed E-state index contributed by atoms with van der Waals surface area (Å²) in [6.07, 6.45) is 0. The number of nitrogens with one attached hydrogen (secondary N) is 2. The molecule has 0 radical (unpaired) electrons. The van der Waals surface area contributed by atoms with Crippen molar-refractivity contribution in [1.82, 2.24) is 5.43 Å². The van der Waals surface area contributed by atoms with Crippen LogP contribution >= 0.6 is 0 Å². The standard InChI is InChI=1S/C8H10N4O3/c1-10-7-3-2-5(12(14)15)4-6(7)8(13)11-9/h2-4,10H,9H2,1H3,(H,11,13). The number of hydrogen-bond donors (Lipinski definition) is 3. The molecule has 1 amide bonds. The van der Waals surface area contributed by atoms with Crippen LogP contribution in [0, 0.1) is 10.1 Å². The summed E-state index contributed by atoms with van der Waals surface area (Å²) >= 11 is 0. The fraction of sp³-hybridized carbons (Fsp3) is 0.125. The van der Waals surface area contributed by atoms with Crippen LogP contribution in [-0.2, 0) is 0 Å². The second kappa shape index (κ2) is 4.38. The number of nitrogen functional groups attached to an aromatic ring is 1. The van der Waals surface area contributed by atoms with Gasteiger partial charge in [0.05, 0.1) is 10.5 Å². The molecule has 80 valence electrons. The van der Waals surface area contributed by atoms with E-state index < -0.39 is 10.8 Å². The van der Waals surface area contributed by atoms with Gasteiger partial charge < -0.3 is 5.32 Å². The highest BCUT2D eigenvalue weighted by Crippen LogP contribution is 2.21. The maximum Gasteiger partial charge on any atom is 0.270 e. The number of rotatable bonds is 3. The van der Waals surface area contributed by atoms with Gasteiger partial charge in [-0.05, 0) is 6.07 Å². The first-order chi connectivity index (χ1) is 7.10. The molecule has 0 heterocycles. The Labute approximate surface area is 85.4 Å². The van der Waals surface area contributed by atoms with E-state index in [1.54, 1.807) is 7.05 Å². The van der Waals surface area contributed by atoms with Gasteiger partial charge in [-0.1, -0.05) is 0 Å². The monoisotopic (exact) mass is 210 g/mol. The molecule has 0 spiro atoms. The highest BCUT2D eigenvalue weighted by molar-refractivity contribution is 5.99. The first-order valence-electron chi connectivity index (χ1n) is 4.07. The van der Waals surface area contributed by atoms with Crippen molar-refractivity contribution in [2.45, 2.75) is 0 Å². The zero-order valence-electron chi connectivity index (χ0n) is 7.98. The number of carbonyl (C=O) groups is 1. The van der Waals surface area contributed by atoms with Crippen LogP contribution in [-0.4, -0.2) is 17.9 Å². The molecule has 0 saturated heterocycles. The molecule has 0 fully saturated rings. The summed E-state index contributed by atoms with van der Waals surface area (Å²) < 4.78 is 0. The highest BCUT2D eigenvalue weighted by Gasteiger charge is 2.14. The molecule has 15 heavy (non-hydrogen) atoms. The fourth-order valence-corrected chi connectivity index (χ4v) is 1.13. The van der Waals surface area contributed by atoms with E-state index in [-0.39, 0.29) is 11.3 Å². The van der Waals surface area contributed by atoms with E-state index in [9.17, 15) is 14.9 Å². The Hall–Kier alpha value is -2.15. The van der Waals surface area contributed by atoms with Crippen molar-refractivity contribution in [3.05, 3.63) is 33.9 Å². The van der Waals surface area contributed by atoms with E-state index >= 15 is 0 Å². The number of carbonyl (C=O) groups excluding carboxylic acids is 1. The molecule has 1 rings (SSSR count). The number of nitro benzene ring substituents is 1. The van der Waals surface area contributed by atoms with E-state index in [0.29, 0.717) is 5.69 Å². The van der Waals surface area contributed by atoms with Gasteiger partial charge in [0.1, 0.15) is 0 Å². The van der Waals surface area contributed by atoms with Crippen LogP contribution < -0.4 is 16.6 Å². The number of anilines is 1. The summed E-state index contributed by atoms with van der Waals surface area (Å²) in [6.45, 7) is 0. The predicted octanol–water partition coefficient (Wildman–Crippen LogP) is 0.240. The molecule has 7 heteroatoms. The maximum atomic E-state index is 11.3. The molecular formula is C8H10N4O3. The van der Waals surface area contributed by atoms with Crippen molar-refractivity contribution < 1.29 is 9.72 Å². The number of amides is 1. The van der Waals surface area contributed by atoms with E-state index in [2.05, 4.69) is 5.32 Å². The summed E-state index contributed by atoms with van der Waals surface area (Å²) in [7, 11) is 1.61. The van der Waals surface area contributed by atoms with Crippen molar-refractivity contribution >= 4 is 17.3 Å². The molecule has 0 atom stereocenters. The van der Waals surface area contributed by atoms with Gasteiger partial charge >= 0.3 is 0 Å². The zero-order valence-corrected chi connectivity index (χ0v) is 7.98.